The number of aliphatic hydroxyl groups excluding tert-OH is 1. The van der Waals surface area contributed by atoms with E-state index in [1.54, 1.807) is 24.3 Å². The Bertz CT molecular complexity index is 1110. The molecule has 0 unspecified atom stereocenters. The van der Waals surface area contributed by atoms with Crippen LogP contribution in [-0.4, -0.2) is 59.3 Å². The van der Waals surface area contributed by atoms with Crippen LogP contribution in [0.25, 0.3) is 20.3 Å². The van der Waals surface area contributed by atoms with Crippen molar-refractivity contribution < 1.29 is 14.6 Å². The predicted molar refractivity (Wildman–Crippen MR) is 135 cm³/mol. The number of benzene rings is 1. The maximum Gasteiger partial charge on any atom is 0.338 e. The van der Waals surface area contributed by atoms with Gasteiger partial charge in [-0.05, 0) is 75.8 Å². The molecule has 1 saturated carbocycles. The molecule has 4 rings (SSSR count). The zero-order valence-corrected chi connectivity index (χ0v) is 20.6. The summed E-state index contributed by atoms with van der Waals surface area (Å²) >= 11 is 8.46. The third kappa shape index (κ3) is 5.49. The van der Waals surface area contributed by atoms with E-state index in [0.717, 1.165) is 70.9 Å². The Morgan fingerprint density at radius 3 is 2.82 bits per heavy atom. The monoisotopic (exact) mass is 489 g/mol. The van der Waals surface area contributed by atoms with Gasteiger partial charge in [-0.25, -0.2) is 9.78 Å². The molecular weight excluding hydrogens is 458 g/mol. The fraction of sp³-hybridized carbons (Fsp3) is 0.520. The van der Waals surface area contributed by atoms with E-state index in [2.05, 4.69) is 9.88 Å². The van der Waals surface area contributed by atoms with E-state index in [1.807, 2.05) is 18.3 Å². The number of hydrogen-bond acceptors (Lipinski definition) is 7. The van der Waals surface area contributed by atoms with Crippen LogP contribution in [0.5, 0.6) is 0 Å². The van der Waals surface area contributed by atoms with Crippen molar-refractivity contribution in [3.05, 3.63) is 40.5 Å². The van der Waals surface area contributed by atoms with E-state index in [0.29, 0.717) is 35.8 Å². The Kier molecular flexibility index (Phi) is 8.20. The molecule has 0 aliphatic heterocycles. The highest BCUT2D eigenvalue weighted by Gasteiger charge is 2.24. The molecule has 2 aromatic heterocycles. The minimum atomic E-state index is -0.327. The molecule has 0 bridgehead atoms. The van der Waals surface area contributed by atoms with Gasteiger partial charge in [-0.15, -0.1) is 11.3 Å². The number of hydrogen-bond donors (Lipinski definition) is 2. The summed E-state index contributed by atoms with van der Waals surface area (Å²) in [4.78, 5) is 20.2. The number of aryl methyl sites for hydroxylation is 1. The van der Waals surface area contributed by atoms with Crippen LogP contribution in [0.15, 0.2) is 24.4 Å². The minimum Gasteiger partial charge on any atom is -0.462 e. The minimum absolute atomic E-state index is 0.167. The van der Waals surface area contributed by atoms with Crippen LogP contribution < -0.4 is 5.73 Å². The van der Waals surface area contributed by atoms with Gasteiger partial charge in [0.25, 0.3) is 0 Å². The first-order valence-electron chi connectivity index (χ1n) is 11.8. The van der Waals surface area contributed by atoms with Crippen molar-refractivity contribution >= 4 is 49.2 Å². The van der Waals surface area contributed by atoms with Crippen molar-refractivity contribution in [2.75, 3.05) is 26.3 Å². The van der Waals surface area contributed by atoms with Crippen LogP contribution in [0.4, 0.5) is 0 Å². The summed E-state index contributed by atoms with van der Waals surface area (Å²) in [5.41, 5.74) is 7.61. The van der Waals surface area contributed by atoms with Crippen LogP contribution in [0, 0.1) is 0 Å². The highest BCUT2D eigenvalue weighted by molar-refractivity contribution is 7.25. The maximum atomic E-state index is 12.2. The van der Waals surface area contributed by atoms with Gasteiger partial charge in [0.05, 0.1) is 23.8 Å². The standard InChI is InChI=1S/C25H32ClN3O3S/c1-2-32-25(31)16-5-10-21-20(14-16)22-23(26)17(15-28-24(22)33-21)4-3-11-29(12-13-30)19-8-6-18(27)7-9-19/h5,10,14-15,18-19,30H,2-4,6-9,11-13,27H2,1H3/t18-,19-. The summed E-state index contributed by atoms with van der Waals surface area (Å²) in [6, 6.07) is 6.40. The highest BCUT2D eigenvalue weighted by atomic mass is 35.5. The highest BCUT2D eigenvalue weighted by Crippen LogP contribution is 2.39. The van der Waals surface area contributed by atoms with Crippen molar-refractivity contribution in [2.24, 2.45) is 5.73 Å². The number of nitrogens with two attached hydrogens (primary N) is 1. The Morgan fingerprint density at radius 1 is 1.30 bits per heavy atom. The topological polar surface area (TPSA) is 88.7 Å². The van der Waals surface area contributed by atoms with E-state index in [1.165, 1.54) is 0 Å². The Balaban J connectivity index is 1.51. The Hall–Kier alpha value is -1.77. The molecule has 0 amide bonds. The molecule has 0 spiro atoms. The molecule has 2 heterocycles. The molecule has 1 aromatic carbocycles. The molecule has 1 fully saturated rings. The van der Waals surface area contributed by atoms with Crippen molar-refractivity contribution in [2.45, 2.75) is 57.5 Å². The Labute approximate surface area is 203 Å². The first-order valence-corrected chi connectivity index (χ1v) is 13.0. The zero-order chi connectivity index (χ0) is 23.4. The molecule has 8 heteroatoms. The van der Waals surface area contributed by atoms with Gasteiger partial charge in [0.2, 0.25) is 0 Å². The molecular formula is C25H32ClN3O3S. The van der Waals surface area contributed by atoms with Gasteiger partial charge >= 0.3 is 5.97 Å². The second-order valence-electron chi connectivity index (χ2n) is 8.74. The Morgan fingerprint density at radius 2 is 2.09 bits per heavy atom. The van der Waals surface area contributed by atoms with Gasteiger partial charge in [-0.2, -0.15) is 0 Å². The summed E-state index contributed by atoms with van der Waals surface area (Å²) < 4.78 is 6.21. The first-order chi connectivity index (χ1) is 16.0. The van der Waals surface area contributed by atoms with Crippen molar-refractivity contribution in [3.8, 4) is 0 Å². The molecule has 0 atom stereocenters. The second kappa shape index (κ2) is 11.1. The van der Waals surface area contributed by atoms with Crippen LogP contribution in [-0.2, 0) is 11.2 Å². The number of esters is 1. The number of fused-ring (bicyclic) bond motifs is 3. The zero-order valence-electron chi connectivity index (χ0n) is 19.1. The number of ether oxygens (including phenoxy) is 1. The predicted octanol–water partition coefficient (Wildman–Crippen LogP) is 4.78. The number of aromatic nitrogens is 1. The molecule has 0 saturated heterocycles. The lowest BCUT2D eigenvalue weighted by atomic mass is 9.90. The summed E-state index contributed by atoms with van der Waals surface area (Å²) in [7, 11) is 0. The lowest BCUT2D eigenvalue weighted by molar-refractivity contribution is 0.0526. The van der Waals surface area contributed by atoms with Crippen LogP contribution in [0.2, 0.25) is 5.02 Å². The summed E-state index contributed by atoms with van der Waals surface area (Å²) in [5, 5.41) is 12.1. The van der Waals surface area contributed by atoms with Gasteiger partial charge < -0.3 is 15.6 Å². The van der Waals surface area contributed by atoms with Crippen LogP contribution in [0.1, 0.15) is 54.9 Å². The fourth-order valence-corrected chi connectivity index (χ4v) is 6.23. The van der Waals surface area contributed by atoms with E-state index < -0.39 is 0 Å². The summed E-state index contributed by atoms with van der Waals surface area (Å²) in [6.07, 6.45) is 7.92. The third-order valence-corrected chi connectivity index (χ3v) is 8.07. The number of pyridine rings is 1. The molecule has 1 aliphatic rings. The van der Waals surface area contributed by atoms with Crippen LogP contribution >= 0.6 is 22.9 Å². The quantitative estimate of drug-likeness (QED) is 0.420. The van der Waals surface area contributed by atoms with Crippen molar-refractivity contribution in [1.29, 1.82) is 0 Å². The molecule has 3 aromatic rings. The van der Waals surface area contributed by atoms with Crippen LogP contribution in [0.3, 0.4) is 0 Å². The molecule has 0 radical (unpaired) electrons. The summed E-state index contributed by atoms with van der Waals surface area (Å²) in [6.45, 7) is 3.91. The first kappa shape index (κ1) is 24.4. The number of carbonyl (C=O) groups excluding carboxylic acids is 1. The molecule has 6 nitrogen and oxygen atoms in total. The molecule has 178 valence electrons. The normalized spacial score (nSPS) is 18.9. The lowest BCUT2D eigenvalue weighted by Crippen LogP contribution is -2.42. The number of halogens is 1. The van der Waals surface area contributed by atoms with E-state index in [-0.39, 0.29) is 12.6 Å². The second-order valence-corrected chi connectivity index (χ2v) is 10.2. The van der Waals surface area contributed by atoms with Crippen molar-refractivity contribution in [3.63, 3.8) is 0 Å². The molecule has 1 aliphatic carbocycles. The van der Waals surface area contributed by atoms with Crippen molar-refractivity contribution in [1.82, 2.24) is 9.88 Å². The number of carbonyl (C=O) groups is 1. The average molecular weight is 490 g/mol. The van der Waals surface area contributed by atoms with E-state index in [9.17, 15) is 9.90 Å². The maximum absolute atomic E-state index is 12.2. The van der Waals surface area contributed by atoms with E-state index in [4.69, 9.17) is 22.1 Å². The van der Waals surface area contributed by atoms with Gasteiger partial charge in [-0.1, -0.05) is 11.6 Å². The van der Waals surface area contributed by atoms with E-state index >= 15 is 0 Å². The van der Waals surface area contributed by atoms with Gasteiger partial charge in [-0.3, -0.25) is 4.90 Å². The lowest BCUT2D eigenvalue weighted by Gasteiger charge is -2.35. The summed E-state index contributed by atoms with van der Waals surface area (Å²) in [5.74, 6) is -0.327. The average Bonchev–Trinajstić information content (AvgIpc) is 3.19. The molecule has 33 heavy (non-hydrogen) atoms. The smallest absolute Gasteiger partial charge is 0.338 e. The fourth-order valence-electron chi connectivity index (χ4n) is 4.80. The molecule has 3 N–H and O–H groups in total. The third-order valence-electron chi connectivity index (χ3n) is 6.56. The van der Waals surface area contributed by atoms with Gasteiger partial charge in [0.15, 0.2) is 0 Å². The number of aliphatic hydroxyl groups is 1. The number of thiophene rings is 1. The number of nitrogens with zero attached hydrogens (tertiary/aromatic N) is 2. The number of rotatable bonds is 9. The van der Waals surface area contributed by atoms with Gasteiger partial charge in [0.1, 0.15) is 4.83 Å². The SMILES string of the molecule is CCOC(=O)c1ccc2sc3ncc(CCCN(CCO)[C@H]4CC[C@H](N)CC4)c(Cl)c3c2c1. The van der Waals surface area contributed by atoms with Gasteiger partial charge in [0, 0.05) is 40.3 Å². The largest absolute Gasteiger partial charge is 0.462 e.